The molecule has 3 heterocycles. The maximum absolute atomic E-state index is 11.8. The first-order chi connectivity index (χ1) is 14.1. The van der Waals surface area contributed by atoms with Crippen LogP contribution in [0.25, 0.3) is 21.4 Å². The van der Waals surface area contributed by atoms with Crippen LogP contribution in [0.5, 0.6) is 0 Å². The summed E-state index contributed by atoms with van der Waals surface area (Å²) in [6.07, 6.45) is -0.131. The minimum Gasteiger partial charge on any atom is -0.461 e. The normalized spacial score (nSPS) is 12.1. The molecule has 6 nitrogen and oxygen atoms in total. The fourth-order valence-corrected chi connectivity index (χ4v) is 5.09. The lowest BCUT2D eigenvalue weighted by Gasteiger charge is -2.06. The fraction of sp³-hybridized carbons (Fsp3) is 0.200. The molecular formula is C20H17N3O3S3. The van der Waals surface area contributed by atoms with Gasteiger partial charge in [-0.05, 0) is 12.5 Å². The van der Waals surface area contributed by atoms with Crippen LogP contribution in [0.1, 0.15) is 34.1 Å². The van der Waals surface area contributed by atoms with Gasteiger partial charge in [-0.1, -0.05) is 30.3 Å². The molecule has 0 amide bonds. The second-order valence-electron chi connectivity index (χ2n) is 6.07. The number of ether oxygens (including phenoxy) is 1. The molecule has 29 heavy (non-hydrogen) atoms. The summed E-state index contributed by atoms with van der Waals surface area (Å²) in [5, 5.41) is 18.0. The van der Waals surface area contributed by atoms with Gasteiger partial charge in [-0.25, -0.2) is 19.7 Å². The molecule has 9 heteroatoms. The Balaban J connectivity index is 1.48. The van der Waals surface area contributed by atoms with Crippen molar-refractivity contribution in [2.75, 3.05) is 6.61 Å². The van der Waals surface area contributed by atoms with Crippen molar-refractivity contribution in [3.05, 3.63) is 62.7 Å². The molecule has 148 valence electrons. The standard InChI is InChI=1S/C20H17N3O3S3/c1-2-26-20(25)15-11-28-18(23-15)13-9-27-17(21-13)14-10-29-19(22-14)16(24)8-12-6-4-3-5-7-12/h3-7,9-11,16,24H,2,8H2,1H3/t16-/m0/s1. The number of carbonyl (C=O) groups excluding carboxylic acids is 1. The van der Waals surface area contributed by atoms with Gasteiger partial charge in [-0.15, -0.1) is 34.0 Å². The van der Waals surface area contributed by atoms with Gasteiger partial charge in [0, 0.05) is 22.6 Å². The number of hydrogen-bond acceptors (Lipinski definition) is 9. The van der Waals surface area contributed by atoms with Gasteiger partial charge in [-0.3, -0.25) is 0 Å². The van der Waals surface area contributed by atoms with E-state index in [4.69, 9.17) is 4.74 Å². The van der Waals surface area contributed by atoms with Gasteiger partial charge in [0.05, 0.1) is 6.61 Å². The summed E-state index contributed by atoms with van der Waals surface area (Å²) in [6.45, 7) is 2.08. The Morgan fingerprint density at radius 2 is 1.69 bits per heavy atom. The third-order valence-corrected chi connectivity index (χ3v) is 6.69. The minimum absolute atomic E-state index is 0.293. The van der Waals surface area contributed by atoms with Crippen LogP contribution in [0.15, 0.2) is 46.5 Å². The molecule has 1 atom stereocenters. The van der Waals surface area contributed by atoms with Gasteiger partial charge in [0.15, 0.2) is 5.69 Å². The molecule has 1 N–H and O–H groups in total. The summed E-state index contributed by atoms with van der Waals surface area (Å²) < 4.78 is 4.97. The van der Waals surface area contributed by atoms with Crippen molar-refractivity contribution >= 4 is 40.0 Å². The third-order valence-electron chi connectivity index (χ3n) is 4.01. The number of benzene rings is 1. The zero-order valence-electron chi connectivity index (χ0n) is 15.4. The van der Waals surface area contributed by atoms with Gasteiger partial charge in [-0.2, -0.15) is 0 Å². The molecule has 1 aromatic carbocycles. The van der Waals surface area contributed by atoms with Crippen LogP contribution >= 0.6 is 34.0 Å². The Bertz CT molecular complexity index is 1100. The highest BCUT2D eigenvalue weighted by atomic mass is 32.1. The van der Waals surface area contributed by atoms with Crippen LogP contribution in [0, 0.1) is 0 Å². The quantitative estimate of drug-likeness (QED) is 0.411. The second-order valence-corrected chi connectivity index (χ2v) is 8.68. The average Bonchev–Trinajstić information content (AvgIpc) is 3.48. The summed E-state index contributed by atoms with van der Waals surface area (Å²) in [6, 6.07) is 9.85. The van der Waals surface area contributed by atoms with E-state index in [0.29, 0.717) is 34.4 Å². The lowest BCUT2D eigenvalue weighted by molar-refractivity contribution is 0.0520. The average molecular weight is 444 g/mol. The maximum Gasteiger partial charge on any atom is 0.357 e. The molecule has 0 aliphatic carbocycles. The Kier molecular flexibility index (Phi) is 6.10. The molecule has 0 radical (unpaired) electrons. The molecule has 0 bridgehead atoms. The Morgan fingerprint density at radius 3 is 2.48 bits per heavy atom. The predicted molar refractivity (Wildman–Crippen MR) is 115 cm³/mol. The molecule has 0 spiro atoms. The van der Waals surface area contributed by atoms with Crippen molar-refractivity contribution in [1.29, 1.82) is 0 Å². The summed E-state index contributed by atoms with van der Waals surface area (Å²) in [7, 11) is 0. The highest BCUT2D eigenvalue weighted by molar-refractivity contribution is 7.16. The second kappa shape index (κ2) is 8.91. The van der Waals surface area contributed by atoms with Crippen molar-refractivity contribution in [3.63, 3.8) is 0 Å². The first-order valence-corrected chi connectivity index (χ1v) is 11.5. The number of aliphatic hydroxyl groups is 1. The first-order valence-electron chi connectivity index (χ1n) is 8.90. The predicted octanol–water partition coefficient (Wildman–Crippen LogP) is 4.84. The van der Waals surface area contributed by atoms with E-state index in [1.807, 2.05) is 41.1 Å². The first kappa shape index (κ1) is 19.8. The number of esters is 1. The Labute approximate surface area is 179 Å². The van der Waals surface area contributed by atoms with Crippen molar-refractivity contribution < 1.29 is 14.6 Å². The zero-order valence-corrected chi connectivity index (χ0v) is 17.9. The smallest absolute Gasteiger partial charge is 0.357 e. The van der Waals surface area contributed by atoms with Gasteiger partial charge in [0.25, 0.3) is 0 Å². The van der Waals surface area contributed by atoms with Crippen LogP contribution in [-0.4, -0.2) is 32.6 Å². The van der Waals surface area contributed by atoms with Crippen molar-refractivity contribution in [2.24, 2.45) is 0 Å². The largest absolute Gasteiger partial charge is 0.461 e. The van der Waals surface area contributed by atoms with E-state index >= 15 is 0 Å². The van der Waals surface area contributed by atoms with E-state index in [0.717, 1.165) is 16.3 Å². The molecule has 0 unspecified atom stereocenters. The number of aromatic nitrogens is 3. The zero-order chi connectivity index (χ0) is 20.2. The molecule has 0 saturated carbocycles. The van der Waals surface area contributed by atoms with Crippen LogP contribution < -0.4 is 0 Å². The summed E-state index contributed by atoms with van der Waals surface area (Å²) in [5.74, 6) is -0.429. The third kappa shape index (κ3) is 4.59. The van der Waals surface area contributed by atoms with E-state index in [1.165, 1.54) is 34.0 Å². The molecule has 0 saturated heterocycles. The van der Waals surface area contributed by atoms with Gasteiger partial charge in [0.1, 0.15) is 32.5 Å². The number of carbonyl (C=O) groups is 1. The topological polar surface area (TPSA) is 85.2 Å². The SMILES string of the molecule is CCOC(=O)c1csc(-c2csc(-c3csc([C@@H](O)Cc4ccccc4)n3)n2)n1. The van der Waals surface area contributed by atoms with E-state index in [9.17, 15) is 9.90 Å². The van der Waals surface area contributed by atoms with E-state index in [-0.39, 0.29) is 0 Å². The van der Waals surface area contributed by atoms with E-state index in [1.54, 1.807) is 12.3 Å². The minimum atomic E-state index is -0.651. The lowest BCUT2D eigenvalue weighted by Crippen LogP contribution is -2.04. The van der Waals surface area contributed by atoms with Gasteiger partial charge < -0.3 is 9.84 Å². The van der Waals surface area contributed by atoms with Gasteiger partial charge >= 0.3 is 5.97 Å². The lowest BCUT2D eigenvalue weighted by atomic mass is 10.1. The monoisotopic (exact) mass is 443 g/mol. The molecule has 0 aliphatic heterocycles. The maximum atomic E-state index is 11.8. The molecular weight excluding hydrogens is 426 g/mol. The summed E-state index contributed by atoms with van der Waals surface area (Å²) >= 11 is 4.23. The Morgan fingerprint density at radius 1 is 1.00 bits per heavy atom. The van der Waals surface area contributed by atoms with Crippen LogP contribution in [-0.2, 0) is 11.2 Å². The molecule has 0 aliphatic rings. The number of thiazole rings is 3. The fourth-order valence-electron chi connectivity index (χ4n) is 2.64. The number of aliphatic hydroxyl groups excluding tert-OH is 1. The van der Waals surface area contributed by atoms with E-state index < -0.39 is 12.1 Å². The number of nitrogens with zero attached hydrogens (tertiary/aromatic N) is 3. The highest BCUT2D eigenvalue weighted by Gasteiger charge is 2.18. The van der Waals surface area contributed by atoms with Crippen LogP contribution in [0.3, 0.4) is 0 Å². The van der Waals surface area contributed by atoms with Crippen molar-refractivity contribution in [1.82, 2.24) is 15.0 Å². The van der Waals surface area contributed by atoms with Gasteiger partial charge in [0.2, 0.25) is 0 Å². The number of hydrogen-bond donors (Lipinski definition) is 1. The van der Waals surface area contributed by atoms with Crippen LogP contribution in [0.4, 0.5) is 0 Å². The summed E-state index contributed by atoms with van der Waals surface area (Å²) in [5.41, 5.74) is 2.79. The highest BCUT2D eigenvalue weighted by Crippen LogP contribution is 2.33. The van der Waals surface area contributed by atoms with Crippen molar-refractivity contribution in [2.45, 2.75) is 19.4 Å². The number of rotatable bonds is 7. The van der Waals surface area contributed by atoms with Crippen LogP contribution in [0.2, 0.25) is 0 Å². The Hall–Kier alpha value is -2.46. The van der Waals surface area contributed by atoms with E-state index in [2.05, 4.69) is 15.0 Å². The molecule has 4 aromatic rings. The molecule has 3 aromatic heterocycles. The molecule has 0 fully saturated rings. The van der Waals surface area contributed by atoms with Crippen molar-refractivity contribution in [3.8, 4) is 21.4 Å². The molecule has 4 rings (SSSR count). The summed E-state index contributed by atoms with van der Waals surface area (Å²) in [4.78, 5) is 25.3.